The zero-order valence-electron chi connectivity index (χ0n) is 5.94. The molecule has 66 valence electrons. The minimum absolute atomic E-state index is 0.120. The van der Waals surface area contributed by atoms with Gasteiger partial charge in [-0.1, -0.05) is 0 Å². The van der Waals surface area contributed by atoms with E-state index in [-0.39, 0.29) is 5.82 Å². The Morgan fingerprint density at radius 2 is 1.58 bits per heavy atom. The van der Waals surface area contributed by atoms with E-state index < -0.39 is 15.7 Å². The van der Waals surface area contributed by atoms with Crippen molar-refractivity contribution in [1.82, 2.24) is 10.6 Å². The minimum Gasteiger partial charge on any atom is -0.358 e. The van der Waals surface area contributed by atoms with Crippen molar-refractivity contribution in [3.8, 4) is 0 Å². The zero-order valence-corrected chi connectivity index (χ0v) is 5.94. The van der Waals surface area contributed by atoms with Crippen molar-refractivity contribution in [2.24, 2.45) is 0 Å². The second kappa shape index (κ2) is 3.03. The van der Waals surface area contributed by atoms with Gasteiger partial charge in [-0.3, -0.25) is 20.2 Å². The second-order valence-corrected chi connectivity index (χ2v) is 2.07. The molecule has 0 aromatic carbocycles. The van der Waals surface area contributed by atoms with Crippen LogP contribution in [0.5, 0.6) is 0 Å². The molecule has 2 N–H and O–H groups in total. The van der Waals surface area contributed by atoms with E-state index in [0.717, 1.165) is 0 Å². The first-order valence-electron chi connectivity index (χ1n) is 3.13. The van der Waals surface area contributed by atoms with E-state index in [1.165, 1.54) is 0 Å². The Kier molecular flexibility index (Phi) is 2.08. The first-order valence-corrected chi connectivity index (χ1v) is 3.13. The number of rotatable bonds is 2. The van der Waals surface area contributed by atoms with Crippen LogP contribution in [0.2, 0.25) is 0 Å². The molecule has 0 atom stereocenters. The number of hydrogen-bond acceptors (Lipinski definition) is 6. The van der Waals surface area contributed by atoms with Crippen LogP contribution in [0.1, 0.15) is 0 Å². The van der Waals surface area contributed by atoms with Crippen molar-refractivity contribution < 1.29 is 9.85 Å². The van der Waals surface area contributed by atoms with Gasteiger partial charge in [0.05, 0.1) is 0 Å². The van der Waals surface area contributed by atoms with Gasteiger partial charge in [0.1, 0.15) is 9.85 Å². The standard InChI is InChI=1S/C4H6N4O4/c9-7(10)4(8(11)12)3-5-1-2-6-3/h5-6H,1-2H2. The first kappa shape index (κ1) is 8.24. The maximum atomic E-state index is 10.2. The SMILES string of the molecule is O=[N+]([O-])C(=C1NCCN1)[N+](=O)[O-]. The normalized spacial score (nSPS) is 14.8. The second-order valence-electron chi connectivity index (χ2n) is 2.07. The molecule has 0 aliphatic carbocycles. The van der Waals surface area contributed by atoms with Crippen molar-refractivity contribution in [1.29, 1.82) is 0 Å². The Bertz CT molecular complexity index is 236. The molecule has 1 fully saturated rings. The lowest BCUT2D eigenvalue weighted by Gasteiger charge is -1.94. The molecule has 1 rings (SSSR count). The Labute approximate surface area is 66.5 Å². The van der Waals surface area contributed by atoms with Gasteiger partial charge in [0.25, 0.3) is 5.82 Å². The molecule has 1 saturated heterocycles. The maximum absolute atomic E-state index is 10.2. The smallest absolute Gasteiger partial charge is 0.358 e. The van der Waals surface area contributed by atoms with Crippen LogP contribution in [-0.2, 0) is 0 Å². The molecule has 0 bridgehead atoms. The van der Waals surface area contributed by atoms with Gasteiger partial charge < -0.3 is 10.6 Å². The fourth-order valence-electron chi connectivity index (χ4n) is 0.845. The van der Waals surface area contributed by atoms with E-state index in [9.17, 15) is 20.2 Å². The van der Waals surface area contributed by atoms with Crippen LogP contribution in [0.4, 0.5) is 0 Å². The van der Waals surface area contributed by atoms with Crippen molar-refractivity contribution in [3.63, 3.8) is 0 Å². The van der Waals surface area contributed by atoms with Crippen molar-refractivity contribution >= 4 is 0 Å². The Morgan fingerprint density at radius 1 is 1.17 bits per heavy atom. The van der Waals surface area contributed by atoms with Crippen LogP contribution < -0.4 is 10.6 Å². The van der Waals surface area contributed by atoms with E-state index in [1.807, 2.05) is 0 Å². The van der Waals surface area contributed by atoms with Crippen LogP contribution in [-0.4, -0.2) is 22.9 Å². The summed E-state index contributed by atoms with van der Waals surface area (Å²) < 4.78 is 0. The molecule has 0 unspecified atom stereocenters. The summed E-state index contributed by atoms with van der Waals surface area (Å²) in [7, 11) is 0. The quantitative estimate of drug-likeness (QED) is 0.404. The minimum atomic E-state index is -1.03. The highest BCUT2D eigenvalue weighted by molar-refractivity contribution is 5.01. The highest BCUT2D eigenvalue weighted by Crippen LogP contribution is 2.02. The van der Waals surface area contributed by atoms with Crippen LogP contribution in [0.15, 0.2) is 11.6 Å². The molecule has 12 heavy (non-hydrogen) atoms. The number of hydrogen-bond donors (Lipinski definition) is 2. The first-order chi connectivity index (χ1) is 5.63. The molecule has 1 aliphatic rings. The summed E-state index contributed by atoms with van der Waals surface area (Å²) in [6.07, 6.45) is 0. The van der Waals surface area contributed by atoms with Gasteiger partial charge in [-0.15, -0.1) is 0 Å². The monoisotopic (exact) mass is 174 g/mol. The molecular formula is C4H6N4O4. The van der Waals surface area contributed by atoms with Gasteiger partial charge in [-0.25, -0.2) is 0 Å². The maximum Gasteiger partial charge on any atom is 0.599 e. The lowest BCUT2D eigenvalue weighted by molar-refractivity contribution is -0.617. The summed E-state index contributed by atoms with van der Waals surface area (Å²) in [5.74, 6) is -1.16. The van der Waals surface area contributed by atoms with E-state index >= 15 is 0 Å². The predicted molar refractivity (Wildman–Crippen MR) is 37.0 cm³/mol. The highest BCUT2D eigenvalue weighted by Gasteiger charge is 2.33. The molecule has 1 aliphatic heterocycles. The molecule has 0 saturated carbocycles. The summed E-state index contributed by atoms with van der Waals surface area (Å²) in [4.78, 5) is 18.3. The Balaban J connectivity index is 2.97. The van der Waals surface area contributed by atoms with Gasteiger partial charge in [0.2, 0.25) is 0 Å². The average molecular weight is 174 g/mol. The van der Waals surface area contributed by atoms with Gasteiger partial charge in [0, 0.05) is 13.1 Å². The molecule has 0 spiro atoms. The Morgan fingerprint density at radius 3 is 1.92 bits per heavy atom. The summed E-state index contributed by atoms with van der Waals surface area (Å²) in [6.45, 7) is 0.918. The highest BCUT2D eigenvalue weighted by atomic mass is 16.7. The van der Waals surface area contributed by atoms with Crippen LogP contribution in [0.25, 0.3) is 0 Å². The van der Waals surface area contributed by atoms with E-state index in [2.05, 4.69) is 10.6 Å². The fourth-order valence-corrected chi connectivity index (χ4v) is 0.845. The lowest BCUT2D eigenvalue weighted by Crippen LogP contribution is -2.22. The summed E-state index contributed by atoms with van der Waals surface area (Å²) in [5, 5.41) is 25.3. The third kappa shape index (κ3) is 1.41. The zero-order chi connectivity index (χ0) is 9.14. The van der Waals surface area contributed by atoms with Crippen LogP contribution >= 0.6 is 0 Å². The topological polar surface area (TPSA) is 110 Å². The summed E-state index contributed by atoms with van der Waals surface area (Å²) in [6, 6.07) is 0. The molecule has 0 radical (unpaired) electrons. The van der Waals surface area contributed by atoms with E-state index in [0.29, 0.717) is 13.1 Å². The third-order valence-electron chi connectivity index (χ3n) is 1.30. The van der Waals surface area contributed by atoms with Gasteiger partial charge >= 0.3 is 5.82 Å². The van der Waals surface area contributed by atoms with Crippen molar-refractivity contribution in [2.45, 2.75) is 0 Å². The van der Waals surface area contributed by atoms with Gasteiger partial charge in [0.15, 0.2) is 0 Å². The fraction of sp³-hybridized carbons (Fsp3) is 0.500. The molecule has 0 aromatic rings. The molecule has 0 amide bonds. The van der Waals surface area contributed by atoms with Gasteiger partial charge in [-0.05, 0) is 0 Å². The molecule has 0 aromatic heterocycles. The van der Waals surface area contributed by atoms with Crippen molar-refractivity contribution in [3.05, 3.63) is 31.9 Å². The largest absolute Gasteiger partial charge is 0.599 e. The third-order valence-corrected chi connectivity index (χ3v) is 1.30. The predicted octanol–water partition coefficient (Wildman–Crippen LogP) is -1.14. The summed E-state index contributed by atoms with van der Waals surface area (Å²) in [5.41, 5.74) is 0. The molecule has 8 heteroatoms. The Hall–Kier alpha value is -1.86. The summed E-state index contributed by atoms with van der Waals surface area (Å²) >= 11 is 0. The molecule has 1 heterocycles. The van der Waals surface area contributed by atoms with Crippen LogP contribution in [0.3, 0.4) is 0 Å². The van der Waals surface area contributed by atoms with Gasteiger partial charge in [-0.2, -0.15) is 0 Å². The average Bonchev–Trinajstić information content (AvgIpc) is 2.37. The van der Waals surface area contributed by atoms with E-state index in [1.54, 1.807) is 0 Å². The van der Waals surface area contributed by atoms with Crippen molar-refractivity contribution in [2.75, 3.05) is 13.1 Å². The molecular weight excluding hydrogens is 168 g/mol. The number of nitrogens with one attached hydrogen (secondary N) is 2. The van der Waals surface area contributed by atoms with E-state index in [4.69, 9.17) is 0 Å². The molecule has 8 nitrogen and oxygen atoms in total. The number of nitro groups is 2. The van der Waals surface area contributed by atoms with Crippen LogP contribution in [0, 0.1) is 20.2 Å². The number of nitrogens with zero attached hydrogens (tertiary/aromatic N) is 2. The lowest BCUT2D eigenvalue weighted by atomic mass is 10.6.